The van der Waals surface area contributed by atoms with Crippen LogP contribution in [0.15, 0.2) is 79.1 Å². The number of likely N-dealkylation sites (tertiary alicyclic amines) is 1. The third-order valence-electron chi connectivity index (χ3n) is 7.89. The zero-order chi connectivity index (χ0) is 27.1. The van der Waals surface area contributed by atoms with E-state index in [9.17, 15) is 18.4 Å². The number of carbonyl (C=O) groups is 2. The number of amides is 2. The van der Waals surface area contributed by atoms with Gasteiger partial charge < -0.3 is 14.8 Å². The van der Waals surface area contributed by atoms with E-state index in [4.69, 9.17) is 0 Å². The molecule has 2 amide bonds. The van der Waals surface area contributed by atoms with Crippen molar-refractivity contribution in [2.45, 2.75) is 56.4 Å². The average molecular weight is 529 g/mol. The molecule has 2 aliphatic rings. The van der Waals surface area contributed by atoms with Crippen LogP contribution in [0.2, 0.25) is 0 Å². The second kappa shape index (κ2) is 10.2. The number of benzene rings is 3. The van der Waals surface area contributed by atoms with Gasteiger partial charge in [0.05, 0.1) is 29.9 Å². The average Bonchev–Trinajstić information content (AvgIpc) is 3.58. The molecule has 1 aliphatic heterocycles. The molecule has 200 valence electrons. The maximum absolute atomic E-state index is 15.0. The summed E-state index contributed by atoms with van der Waals surface area (Å²) in [5.74, 6) is -0.840. The Balaban J connectivity index is 1.26. The van der Waals surface area contributed by atoms with Gasteiger partial charge in [-0.05, 0) is 60.6 Å². The molecule has 1 saturated carbocycles. The SMILES string of the molecule is C[C@@H](C(=O)N1C[C@H](F)C[C@H]1C(=O)N[C@@H](c1ccccc1)c1ccc(C2CC2)c(F)c1)n1cnc2ccccc21. The lowest BCUT2D eigenvalue weighted by molar-refractivity contribution is -0.140. The number of nitrogens with one attached hydrogen (secondary N) is 1. The first-order valence-corrected chi connectivity index (χ1v) is 13.4. The lowest BCUT2D eigenvalue weighted by atomic mass is 9.96. The van der Waals surface area contributed by atoms with Gasteiger partial charge in [0.2, 0.25) is 11.8 Å². The van der Waals surface area contributed by atoms with E-state index in [1.165, 1.54) is 11.0 Å². The van der Waals surface area contributed by atoms with Crippen molar-refractivity contribution in [3.05, 3.63) is 102 Å². The van der Waals surface area contributed by atoms with E-state index in [0.29, 0.717) is 11.1 Å². The van der Waals surface area contributed by atoms with Gasteiger partial charge in [0.1, 0.15) is 24.1 Å². The molecule has 2 heterocycles. The molecule has 2 fully saturated rings. The largest absolute Gasteiger partial charge is 0.343 e. The topological polar surface area (TPSA) is 67.2 Å². The summed E-state index contributed by atoms with van der Waals surface area (Å²) in [6.45, 7) is 1.57. The van der Waals surface area contributed by atoms with Crippen LogP contribution < -0.4 is 5.32 Å². The van der Waals surface area contributed by atoms with Crippen LogP contribution in [0.5, 0.6) is 0 Å². The van der Waals surface area contributed by atoms with E-state index in [1.54, 1.807) is 23.9 Å². The number of rotatable bonds is 7. The van der Waals surface area contributed by atoms with Crippen LogP contribution >= 0.6 is 0 Å². The Morgan fingerprint density at radius 3 is 2.49 bits per heavy atom. The summed E-state index contributed by atoms with van der Waals surface area (Å²) in [5, 5.41) is 3.01. The maximum Gasteiger partial charge on any atom is 0.246 e. The second-order valence-corrected chi connectivity index (χ2v) is 10.6. The van der Waals surface area contributed by atoms with E-state index in [-0.39, 0.29) is 30.6 Å². The molecule has 1 saturated heterocycles. The van der Waals surface area contributed by atoms with Crippen molar-refractivity contribution in [2.75, 3.05) is 6.54 Å². The quantitative estimate of drug-likeness (QED) is 0.347. The van der Waals surface area contributed by atoms with Crippen LogP contribution in [0.3, 0.4) is 0 Å². The lowest BCUT2D eigenvalue weighted by Crippen LogP contribution is -2.48. The zero-order valence-corrected chi connectivity index (χ0v) is 21.6. The molecule has 4 atom stereocenters. The fourth-order valence-corrected chi connectivity index (χ4v) is 5.61. The van der Waals surface area contributed by atoms with Gasteiger partial charge in [-0.3, -0.25) is 9.59 Å². The molecule has 0 spiro atoms. The highest BCUT2D eigenvalue weighted by atomic mass is 19.1. The number of fused-ring (bicyclic) bond motifs is 1. The Labute approximate surface area is 225 Å². The number of hydrogen-bond donors (Lipinski definition) is 1. The van der Waals surface area contributed by atoms with Crippen LogP contribution in [-0.2, 0) is 9.59 Å². The zero-order valence-electron chi connectivity index (χ0n) is 21.6. The van der Waals surface area contributed by atoms with Crippen molar-refractivity contribution in [1.82, 2.24) is 19.8 Å². The third-order valence-corrected chi connectivity index (χ3v) is 7.89. The second-order valence-electron chi connectivity index (χ2n) is 10.6. The summed E-state index contributed by atoms with van der Waals surface area (Å²) < 4.78 is 31.5. The fraction of sp³-hybridized carbons (Fsp3) is 0.323. The van der Waals surface area contributed by atoms with E-state index in [2.05, 4.69) is 10.3 Å². The molecule has 1 N–H and O–H groups in total. The molecular formula is C31H30F2N4O2. The van der Waals surface area contributed by atoms with Gasteiger partial charge in [0.25, 0.3) is 0 Å². The Morgan fingerprint density at radius 1 is 1.00 bits per heavy atom. The highest BCUT2D eigenvalue weighted by Crippen LogP contribution is 2.42. The molecule has 3 aromatic carbocycles. The van der Waals surface area contributed by atoms with Gasteiger partial charge in [-0.2, -0.15) is 0 Å². The normalized spacial score (nSPS) is 20.6. The lowest BCUT2D eigenvalue weighted by Gasteiger charge is -2.29. The van der Waals surface area contributed by atoms with Crippen molar-refractivity contribution >= 4 is 22.8 Å². The molecule has 0 radical (unpaired) electrons. The van der Waals surface area contributed by atoms with Crippen molar-refractivity contribution < 1.29 is 18.4 Å². The van der Waals surface area contributed by atoms with Crippen LogP contribution in [0.25, 0.3) is 11.0 Å². The third kappa shape index (κ3) is 4.91. The van der Waals surface area contributed by atoms with Gasteiger partial charge in [-0.25, -0.2) is 13.8 Å². The highest BCUT2D eigenvalue weighted by molar-refractivity contribution is 5.91. The monoisotopic (exact) mass is 528 g/mol. The standard InChI is InChI=1S/C31H30F2N4O2/c1-19(37-18-34-26-9-5-6-10-27(26)37)31(39)36-17-23(32)16-28(36)30(38)35-29(21-7-3-2-4-8-21)22-13-14-24(20-11-12-20)25(33)15-22/h2-10,13-15,18-20,23,28-29H,11-12,16-17H2,1H3,(H,35,38)/t19-,23+,28-,29-/m0/s1. The minimum Gasteiger partial charge on any atom is -0.343 e. The summed E-state index contributed by atoms with van der Waals surface area (Å²) in [7, 11) is 0. The predicted octanol–water partition coefficient (Wildman–Crippen LogP) is 5.46. The first-order chi connectivity index (χ1) is 18.9. The van der Waals surface area contributed by atoms with E-state index in [1.807, 2.05) is 60.7 Å². The molecule has 1 aliphatic carbocycles. The summed E-state index contributed by atoms with van der Waals surface area (Å²) >= 11 is 0. The maximum atomic E-state index is 15.0. The van der Waals surface area contributed by atoms with Gasteiger partial charge in [-0.15, -0.1) is 0 Å². The molecule has 39 heavy (non-hydrogen) atoms. The number of nitrogens with zero attached hydrogens (tertiary/aromatic N) is 3. The smallest absolute Gasteiger partial charge is 0.246 e. The summed E-state index contributed by atoms with van der Waals surface area (Å²) in [6, 6.07) is 19.6. The van der Waals surface area contributed by atoms with Crippen molar-refractivity contribution in [1.29, 1.82) is 0 Å². The molecule has 8 heteroatoms. The molecule has 0 bridgehead atoms. The summed E-state index contributed by atoms with van der Waals surface area (Å²) in [4.78, 5) is 33.0. The van der Waals surface area contributed by atoms with E-state index in [0.717, 1.165) is 29.4 Å². The van der Waals surface area contributed by atoms with Gasteiger partial charge in [-0.1, -0.05) is 54.6 Å². The van der Waals surface area contributed by atoms with Gasteiger partial charge in [0.15, 0.2) is 0 Å². The van der Waals surface area contributed by atoms with Gasteiger partial charge >= 0.3 is 0 Å². The van der Waals surface area contributed by atoms with Crippen LogP contribution in [-0.4, -0.2) is 45.0 Å². The number of aromatic nitrogens is 2. The van der Waals surface area contributed by atoms with Crippen molar-refractivity contribution in [2.24, 2.45) is 0 Å². The molecule has 4 aromatic rings. The van der Waals surface area contributed by atoms with Crippen molar-refractivity contribution in [3.63, 3.8) is 0 Å². The molecule has 0 unspecified atom stereocenters. The molecule has 6 nitrogen and oxygen atoms in total. The summed E-state index contributed by atoms with van der Waals surface area (Å²) in [6.07, 6.45) is 2.15. The van der Waals surface area contributed by atoms with Crippen LogP contribution in [0.4, 0.5) is 8.78 Å². The Hall–Kier alpha value is -4.07. The number of hydrogen-bond acceptors (Lipinski definition) is 3. The minimum absolute atomic E-state index is 0.0918. The highest BCUT2D eigenvalue weighted by Gasteiger charge is 2.42. The van der Waals surface area contributed by atoms with Crippen LogP contribution in [0.1, 0.15) is 60.9 Å². The molecular weight excluding hydrogens is 498 g/mol. The predicted molar refractivity (Wildman–Crippen MR) is 144 cm³/mol. The fourth-order valence-electron chi connectivity index (χ4n) is 5.61. The Kier molecular flexibility index (Phi) is 6.62. The number of carbonyl (C=O) groups excluding carboxylic acids is 2. The Morgan fingerprint density at radius 2 is 1.74 bits per heavy atom. The Bertz CT molecular complexity index is 1520. The van der Waals surface area contributed by atoms with Gasteiger partial charge in [0, 0.05) is 6.42 Å². The number of imidazole rings is 1. The minimum atomic E-state index is -1.32. The van der Waals surface area contributed by atoms with E-state index >= 15 is 0 Å². The molecule has 6 rings (SSSR count). The number of para-hydroxylation sites is 2. The molecule has 1 aromatic heterocycles. The first kappa shape index (κ1) is 25.2. The van der Waals surface area contributed by atoms with Crippen molar-refractivity contribution in [3.8, 4) is 0 Å². The van der Waals surface area contributed by atoms with Crippen LogP contribution in [0, 0.1) is 5.82 Å². The number of alkyl halides is 1. The first-order valence-electron chi connectivity index (χ1n) is 13.4. The number of halogens is 2. The summed E-state index contributed by atoms with van der Waals surface area (Å²) in [5.41, 5.74) is 3.61. The van der Waals surface area contributed by atoms with E-state index < -0.39 is 30.2 Å².